The fraction of sp³-hybridized carbons (Fsp3) is 0.655. The molecule has 2 nitrogen and oxygen atoms in total. The van der Waals surface area contributed by atoms with Crippen LogP contribution in [-0.4, -0.2) is 10.9 Å². The Morgan fingerprint density at radius 3 is 2.35 bits per heavy atom. The molecule has 31 heavy (non-hydrogen) atoms. The van der Waals surface area contributed by atoms with Gasteiger partial charge in [0.15, 0.2) is 5.76 Å². The van der Waals surface area contributed by atoms with Crippen molar-refractivity contribution in [2.75, 3.05) is 0 Å². The van der Waals surface area contributed by atoms with Crippen LogP contribution in [0.25, 0.3) is 0 Å². The first kappa shape index (κ1) is 21.3. The lowest BCUT2D eigenvalue weighted by Gasteiger charge is -2.70. The topological polar surface area (TPSA) is 37.3 Å². The molecule has 5 aliphatic carbocycles. The van der Waals surface area contributed by atoms with E-state index in [1.54, 1.807) is 6.08 Å². The van der Waals surface area contributed by atoms with Crippen LogP contribution in [0.3, 0.4) is 0 Å². The maximum absolute atomic E-state index is 12.6. The summed E-state index contributed by atoms with van der Waals surface area (Å²) in [5.41, 5.74) is 5.25. The van der Waals surface area contributed by atoms with Crippen LogP contribution >= 0.6 is 0 Å². The van der Waals surface area contributed by atoms with E-state index in [9.17, 15) is 9.90 Å². The molecule has 0 spiro atoms. The normalized spacial score (nSPS) is 46.1. The van der Waals surface area contributed by atoms with E-state index in [1.807, 2.05) is 6.92 Å². The molecular formula is C29H39O2. The molecule has 0 heterocycles. The SMILES string of the molecule is [CH2][C@@]1(C)CC[C@@]2(C)CC[C@]3(C)C4=CC=C5C(=CC(=O)C(O)=C5C)[C@]4(C)CC[C@@]3(C)[C@@H]2C1. The summed E-state index contributed by atoms with van der Waals surface area (Å²) in [6.07, 6.45) is 14.8. The van der Waals surface area contributed by atoms with Gasteiger partial charge in [-0.3, -0.25) is 4.79 Å². The van der Waals surface area contributed by atoms with E-state index in [0.717, 1.165) is 23.1 Å². The molecule has 1 N–H and O–H groups in total. The average Bonchev–Trinajstić information content (AvgIpc) is 2.70. The molecule has 6 atom stereocenters. The van der Waals surface area contributed by atoms with Crippen LogP contribution in [0.5, 0.6) is 0 Å². The number of aliphatic hydroxyl groups excluding tert-OH is 1. The summed E-state index contributed by atoms with van der Waals surface area (Å²) in [6, 6.07) is 0. The summed E-state index contributed by atoms with van der Waals surface area (Å²) in [6.45, 7) is 18.9. The van der Waals surface area contributed by atoms with Crippen molar-refractivity contribution in [1.29, 1.82) is 0 Å². The highest BCUT2D eigenvalue weighted by Gasteiger charge is 2.66. The van der Waals surface area contributed by atoms with Crippen molar-refractivity contribution < 1.29 is 9.90 Å². The molecule has 0 bridgehead atoms. The van der Waals surface area contributed by atoms with Gasteiger partial charge >= 0.3 is 0 Å². The summed E-state index contributed by atoms with van der Waals surface area (Å²) in [7, 11) is 0. The Labute approximate surface area is 188 Å². The quantitative estimate of drug-likeness (QED) is 0.443. The molecule has 3 saturated carbocycles. The average molecular weight is 420 g/mol. The first-order chi connectivity index (χ1) is 14.3. The molecule has 0 amide bonds. The first-order valence-corrected chi connectivity index (χ1v) is 12.2. The third kappa shape index (κ3) is 2.54. The van der Waals surface area contributed by atoms with Crippen LogP contribution in [0.4, 0.5) is 0 Å². The van der Waals surface area contributed by atoms with Gasteiger partial charge in [0.25, 0.3) is 0 Å². The van der Waals surface area contributed by atoms with Crippen LogP contribution < -0.4 is 0 Å². The second-order valence-corrected chi connectivity index (χ2v) is 12.9. The smallest absolute Gasteiger partial charge is 0.220 e. The van der Waals surface area contributed by atoms with E-state index in [1.165, 1.54) is 44.1 Å². The van der Waals surface area contributed by atoms with Gasteiger partial charge in [0.05, 0.1) is 0 Å². The summed E-state index contributed by atoms with van der Waals surface area (Å²) >= 11 is 0. The summed E-state index contributed by atoms with van der Waals surface area (Å²) in [5, 5.41) is 10.3. The molecular weight excluding hydrogens is 380 g/mol. The molecule has 0 aromatic heterocycles. The third-order valence-electron chi connectivity index (χ3n) is 11.0. The van der Waals surface area contributed by atoms with Crippen LogP contribution in [0.15, 0.2) is 46.3 Å². The van der Waals surface area contributed by atoms with Crippen molar-refractivity contribution in [3.8, 4) is 0 Å². The predicted octanol–water partition coefficient (Wildman–Crippen LogP) is 7.45. The first-order valence-electron chi connectivity index (χ1n) is 12.2. The number of carbonyl (C=O) groups excluding carboxylic acids is 1. The number of hydrogen-bond donors (Lipinski definition) is 1. The Morgan fingerprint density at radius 1 is 0.968 bits per heavy atom. The number of hydrogen-bond acceptors (Lipinski definition) is 2. The monoisotopic (exact) mass is 419 g/mol. The van der Waals surface area contributed by atoms with Crippen molar-refractivity contribution in [3.05, 3.63) is 53.2 Å². The van der Waals surface area contributed by atoms with Gasteiger partial charge in [-0.25, -0.2) is 0 Å². The highest BCUT2D eigenvalue weighted by Crippen LogP contribution is 2.75. The lowest BCUT2D eigenvalue weighted by molar-refractivity contribution is -0.156. The Kier molecular flexibility index (Phi) is 4.16. The summed E-state index contributed by atoms with van der Waals surface area (Å²) in [4.78, 5) is 12.6. The molecule has 2 heteroatoms. The summed E-state index contributed by atoms with van der Waals surface area (Å²) < 4.78 is 0. The zero-order chi connectivity index (χ0) is 22.6. The Balaban J connectivity index is 1.66. The molecule has 5 rings (SSSR count). The predicted molar refractivity (Wildman–Crippen MR) is 126 cm³/mol. The molecule has 1 radical (unpaired) electrons. The van der Waals surface area contributed by atoms with E-state index in [2.05, 4.69) is 53.7 Å². The molecule has 0 aromatic rings. The van der Waals surface area contributed by atoms with Crippen molar-refractivity contribution >= 4 is 5.78 Å². The van der Waals surface area contributed by atoms with E-state index in [0.29, 0.717) is 11.3 Å². The fourth-order valence-electron chi connectivity index (χ4n) is 8.52. The minimum Gasteiger partial charge on any atom is -0.504 e. The largest absolute Gasteiger partial charge is 0.504 e. The minimum atomic E-state index is -0.234. The minimum absolute atomic E-state index is 0.0901. The van der Waals surface area contributed by atoms with Crippen LogP contribution in [0, 0.1) is 39.9 Å². The van der Waals surface area contributed by atoms with Gasteiger partial charge in [0, 0.05) is 11.0 Å². The van der Waals surface area contributed by atoms with Gasteiger partial charge in [-0.2, -0.15) is 0 Å². The van der Waals surface area contributed by atoms with Gasteiger partial charge in [0.2, 0.25) is 5.78 Å². The zero-order valence-corrected chi connectivity index (χ0v) is 20.3. The Hall–Kier alpha value is -1.57. The van der Waals surface area contributed by atoms with E-state index in [-0.39, 0.29) is 33.2 Å². The van der Waals surface area contributed by atoms with Crippen molar-refractivity contribution in [1.82, 2.24) is 0 Å². The summed E-state index contributed by atoms with van der Waals surface area (Å²) in [5.74, 6) is 0.355. The van der Waals surface area contributed by atoms with Crippen LogP contribution in [0.1, 0.15) is 86.5 Å². The van der Waals surface area contributed by atoms with Gasteiger partial charge in [-0.15, -0.1) is 0 Å². The lowest BCUT2D eigenvalue weighted by Crippen LogP contribution is -2.61. The second-order valence-electron chi connectivity index (χ2n) is 12.9. The highest BCUT2D eigenvalue weighted by atomic mass is 16.3. The highest BCUT2D eigenvalue weighted by molar-refractivity contribution is 6.06. The maximum Gasteiger partial charge on any atom is 0.220 e. The number of allylic oxidation sites excluding steroid dienone is 7. The third-order valence-corrected chi connectivity index (χ3v) is 11.0. The van der Waals surface area contributed by atoms with Gasteiger partial charge < -0.3 is 5.11 Å². The number of rotatable bonds is 0. The fourth-order valence-corrected chi connectivity index (χ4v) is 8.52. The van der Waals surface area contributed by atoms with Crippen molar-refractivity contribution in [2.24, 2.45) is 33.0 Å². The molecule has 0 aromatic carbocycles. The molecule has 3 fully saturated rings. The number of ketones is 1. The number of carbonyl (C=O) groups is 1. The lowest BCUT2D eigenvalue weighted by atomic mass is 9.34. The number of aliphatic hydroxyl groups is 1. The zero-order valence-electron chi connectivity index (χ0n) is 20.3. The van der Waals surface area contributed by atoms with E-state index < -0.39 is 0 Å². The Bertz CT molecular complexity index is 1000. The molecule has 0 saturated heterocycles. The van der Waals surface area contributed by atoms with Gasteiger partial charge in [0.1, 0.15) is 0 Å². The Morgan fingerprint density at radius 2 is 1.65 bits per heavy atom. The van der Waals surface area contributed by atoms with Crippen LogP contribution in [-0.2, 0) is 4.79 Å². The standard InChI is InChI=1S/C29H39O2/c1-18-19-8-9-22-27(5,20(19)16-21(30)24(18)31)13-15-29(7)23-17-25(2,3)10-11-26(23,4)12-14-28(22,29)6/h8-9,16,23,31H,2,10-15,17H2,1,3-7H3/t23-,25-,26+,27+,28-,29+/m1/s1. The van der Waals surface area contributed by atoms with Crippen LogP contribution in [0.2, 0.25) is 0 Å². The van der Waals surface area contributed by atoms with Crippen molar-refractivity contribution in [2.45, 2.75) is 86.5 Å². The van der Waals surface area contributed by atoms with Crippen molar-refractivity contribution in [3.63, 3.8) is 0 Å². The van der Waals surface area contributed by atoms with Gasteiger partial charge in [-0.05, 0) is 104 Å². The van der Waals surface area contributed by atoms with Gasteiger partial charge in [-0.1, -0.05) is 52.3 Å². The number of fused-ring (bicyclic) bond motifs is 7. The maximum atomic E-state index is 12.6. The second kappa shape index (κ2) is 6.06. The molecule has 5 aliphatic rings. The van der Waals surface area contributed by atoms with E-state index >= 15 is 0 Å². The molecule has 167 valence electrons. The molecule has 0 unspecified atom stereocenters. The van der Waals surface area contributed by atoms with E-state index in [4.69, 9.17) is 0 Å². The molecule has 0 aliphatic heterocycles.